The zero-order chi connectivity index (χ0) is 15.0. The maximum atomic E-state index is 11.9. The molecule has 0 atom stereocenters. The van der Waals surface area contributed by atoms with Gasteiger partial charge in [-0.25, -0.2) is 18.4 Å². The second kappa shape index (κ2) is 5.23. The van der Waals surface area contributed by atoms with E-state index in [1.807, 2.05) is 7.05 Å². The van der Waals surface area contributed by atoms with Gasteiger partial charge in [0.15, 0.2) is 5.65 Å². The van der Waals surface area contributed by atoms with Crippen molar-refractivity contribution in [3.8, 4) is 0 Å². The molecule has 2 aromatic rings. The molecule has 21 heavy (non-hydrogen) atoms. The van der Waals surface area contributed by atoms with Gasteiger partial charge in [0.25, 0.3) is 0 Å². The van der Waals surface area contributed by atoms with Crippen molar-refractivity contribution < 1.29 is 8.42 Å². The van der Waals surface area contributed by atoms with E-state index in [2.05, 4.69) is 20.0 Å². The third-order valence-corrected chi connectivity index (χ3v) is 5.69. The summed E-state index contributed by atoms with van der Waals surface area (Å²) in [4.78, 5) is 10.7. The summed E-state index contributed by atoms with van der Waals surface area (Å²) >= 11 is 0. The van der Waals surface area contributed by atoms with Gasteiger partial charge < -0.3 is 4.90 Å². The van der Waals surface area contributed by atoms with E-state index >= 15 is 0 Å². The minimum atomic E-state index is -3.11. The number of hydrogen-bond acceptors (Lipinski definition) is 6. The molecule has 3 rings (SSSR count). The number of nitrogens with zero attached hydrogens (tertiary/aromatic N) is 6. The SMILES string of the molecule is CCS(=O)(=O)N1CCN(c2ncnc3c2cnn3C)CC1. The highest BCUT2D eigenvalue weighted by Gasteiger charge is 2.27. The molecule has 0 bridgehead atoms. The summed E-state index contributed by atoms with van der Waals surface area (Å²) in [5.74, 6) is 0.967. The first-order valence-electron chi connectivity index (χ1n) is 6.88. The van der Waals surface area contributed by atoms with Crippen LogP contribution < -0.4 is 4.90 Å². The highest BCUT2D eigenvalue weighted by Crippen LogP contribution is 2.23. The van der Waals surface area contributed by atoms with Crippen molar-refractivity contribution in [2.75, 3.05) is 36.8 Å². The number of rotatable bonds is 3. The van der Waals surface area contributed by atoms with E-state index in [9.17, 15) is 8.42 Å². The summed E-state index contributed by atoms with van der Waals surface area (Å²) in [5, 5.41) is 5.10. The van der Waals surface area contributed by atoms with Gasteiger partial charge in [0.2, 0.25) is 10.0 Å². The molecular weight excluding hydrogens is 292 g/mol. The van der Waals surface area contributed by atoms with E-state index in [-0.39, 0.29) is 5.75 Å². The fourth-order valence-corrected chi connectivity index (χ4v) is 3.65. The van der Waals surface area contributed by atoms with Crippen LogP contribution in [0.2, 0.25) is 0 Å². The summed E-state index contributed by atoms with van der Waals surface area (Å²) in [6, 6.07) is 0. The van der Waals surface area contributed by atoms with Crippen LogP contribution in [0.5, 0.6) is 0 Å². The average Bonchev–Trinajstić information content (AvgIpc) is 2.89. The van der Waals surface area contributed by atoms with E-state index in [1.165, 1.54) is 6.33 Å². The van der Waals surface area contributed by atoms with E-state index in [0.29, 0.717) is 26.2 Å². The molecule has 0 aliphatic carbocycles. The molecule has 1 aliphatic rings. The normalized spacial score (nSPS) is 17.5. The van der Waals surface area contributed by atoms with Crippen molar-refractivity contribution in [1.29, 1.82) is 0 Å². The van der Waals surface area contributed by atoms with Crippen LogP contribution in [0.3, 0.4) is 0 Å². The highest BCUT2D eigenvalue weighted by molar-refractivity contribution is 7.89. The fourth-order valence-electron chi connectivity index (χ4n) is 2.56. The molecule has 3 heterocycles. The number of aryl methyl sites for hydroxylation is 1. The zero-order valence-electron chi connectivity index (χ0n) is 12.1. The van der Waals surface area contributed by atoms with Crippen molar-refractivity contribution in [1.82, 2.24) is 24.1 Å². The van der Waals surface area contributed by atoms with Crippen LogP contribution in [0, 0.1) is 0 Å². The molecule has 1 fully saturated rings. The molecule has 1 aliphatic heterocycles. The van der Waals surface area contributed by atoms with Crippen LogP contribution in [-0.2, 0) is 17.1 Å². The first-order chi connectivity index (χ1) is 10.0. The van der Waals surface area contributed by atoms with Crippen molar-refractivity contribution in [3.63, 3.8) is 0 Å². The molecule has 1 saturated heterocycles. The Hall–Kier alpha value is -1.74. The Bertz CT molecular complexity index is 748. The zero-order valence-corrected chi connectivity index (χ0v) is 12.9. The monoisotopic (exact) mass is 310 g/mol. The molecule has 0 saturated carbocycles. The third kappa shape index (κ3) is 2.46. The van der Waals surface area contributed by atoms with Crippen LogP contribution >= 0.6 is 0 Å². The summed E-state index contributed by atoms with van der Waals surface area (Å²) in [6.45, 7) is 3.90. The Kier molecular flexibility index (Phi) is 3.54. The number of anilines is 1. The molecule has 114 valence electrons. The molecule has 0 spiro atoms. The van der Waals surface area contributed by atoms with E-state index in [4.69, 9.17) is 0 Å². The van der Waals surface area contributed by atoms with Gasteiger partial charge in [-0.05, 0) is 6.92 Å². The number of sulfonamides is 1. The first kappa shape index (κ1) is 14.2. The van der Waals surface area contributed by atoms with Crippen LogP contribution in [0.1, 0.15) is 6.92 Å². The molecule has 0 aromatic carbocycles. The first-order valence-corrected chi connectivity index (χ1v) is 8.49. The Morgan fingerprint density at radius 1 is 1.19 bits per heavy atom. The number of aromatic nitrogens is 4. The molecule has 9 heteroatoms. The Balaban J connectivity index is 1.83. The van der Waals surface area contributed by atoms with Gasteiger partial charge in [0.05, 0.1) is 17.3 Å². The predicted molar refractivity (Wildman–Crippen MR) is 79.6 cm³/mol. The fraction of sp³-hybridized carbons (Fsp3) is 0.583. The number of piperazine rings is 1. The summed E-state index contributed by atoms with van der Waals surface area (Å²) in [7, 11) is -1.27. The molecule has 2 aromatic heterocycles. The molecular formula is C12H18N6O2S. The van der Waals surface area contributed by atoms with Gasteiger partial charge in [0, 0.05) is 33.2 Å². The van der Waals surface area contributed by atoms with Crippen LogP contribution in [0.4, 0.5) is 5.82 Å². The van der Waals surface area contributed by atoms with E-state index < -0.39 is 10.0 Å². The van der Waals surface area contributed by atoms with Crippen LogP contribution in [-0.4, -0.2) is 64.4 Å². The largest absolute Gasteiger partial charge is 0.353 e. The second-order valence-corrected chi connectivity index (χ2v) is 7.25. The Labute approximate surface area is 123 Å². The molecule has 0 N–H and O–H groups in total. The molecule has 8 nitrogen and oxygen atoms in total. The summed E-state index contributed by atoms with van der Waals surface area (Å²) in [5.41, 5.74) is 0.781. The number of fused-ring (bicyclic) bond motifs is 1. The molecule has 0 unspecified atom stereocenters. The highest BCUT2D eigenvalue weighted by atomic mass is 32.2. The minimum Gasteiger partial charge on any atom is -0.353 e. The maximum Gasteiger partial charge on any atom is 0.213 e. The van der Waals surface area contributed by atoms with Gasteiger partial charge in [0.1, 0.15) is 12.1 Å². The minimum absolute atomic E-state index is 0.146. The Morgan fingerprint density at radius 3 is 2.57 bits per heavy atom. The Morgan fingerprint density at radius 2 is 1.90 bits per heavy atom. The van der Waals surface area contributed by atoms with Crippen molar-refractivity contribution in [2.24, 2.45) is 7.05 Å². The van der Waals surface area contributed by atoms with E-state index in [1.54, 1.807) is 22.1 Å². The standard InChI is InChI=1S/C12H18N6O2S/c1-3-21(19,20)18-6-4-17(5-7-18)12-10-8-15-16(2)11(10)13-9-14-12/h8-9H,3-7H2,1-2H3. The smallest absolute Gasteiger partial charge is 0.213 e. The lowest BCUT2D eigenvalue weighted by molar-refractivity contribution is 0.385. The van der Waals surface area contributed by atoms with Crippen LogP contribution in [0.15, 0.2) is 12.5 Å². The predicted octanol–water partition coefficient (Wildman–Crippen LogP) is -0.165. The quantitative estimate of drug-likeness (QED) is 0.783. The van der Waals surface area contributed by atoms with Crippen LogP contribution in [0.25, 0.3) is 11.0 Å². The average molecular weight is 310 g/mol. The van der Waals surface area contributed by atoms with Crippen molar-refractivity contribution in [3.05, 3.63) is 12.5 Å². The van der Waals surface area contributed by atoms with Crippen molar-refractivity contribution in [2.45, 2.75) is 6.92 Å². The van der Waals surface area contributed by atoms with Gasteiger partial charge in [-0.2, -0.15) is 9.40 Å². The molecule has 0 radical (unpaired) electrons. The second-order valence-electron chi connectivity index (χ2n) is 4.99. The summed E-state index contributed by atoms with van der Waals surface area (Å²) in [6.07, 6.45) is 3.27. The third-order valence-electron chi connectivity index (χ3n) is 3.80. The van der Waals surface area contributed by atoms with Gasteiger partial charge in [-0.3, -0.25) is 4.68 Å². The van der Waals surface area contributed by atoms with Gasteiger partial charge >= 0.3 is 0 Å². The lowest BCUT2D eigenvalue weighted by atomic mass is 10.3. The lowest BCUT2D eigenvalue weighted by Gasteiger charge is -2.34. The lowest BCUT2D eigenvalue weighted by Crippen LogP contribution is -2.49. The maximum absolute atomic E-state index is 11.9. The van der Waals surface area contributed by atoms with Gasteiger partial charge in [-0.15, -0.1) is 0 Å². The number of hydrogen-bond donors (Lipinski definition) is 0. The topological polar surface area (TPSA) is 84.2 Å². The van der Waals surface area contributed by atoms with Gasteiger partial charge in [-0.1, -0.05) is 0 Å². The summed E-state index contributed by atoms with van der Waals surface area (Å²) < 4.78 is 27.0. The van der Waals surface area contributed by atoms with E-state index in [0.717, 1.165) is 16.9 Å². The van der Waals surface area contributed by atoms with Crippen molar-refractivity contribution >= 4 is 26.9 Å². The molecule has 0 amide bonds.